The van der Waals surface area contributed by atoms with Gasteiger partial charge in [0.15, 0.2) is 11.6 Å². The van der Waals surface area contributed by atoms with Crippen LogP contribution in [0.5, 0.6) is 0 Å². The molecular weight excluding hydrogens is 367 g/mol. The van der Waals surface area contributed by atoms with Gasteiger partial charge in [-0.2, -0.15) is 4.99 Å². The molecule has 0 radical (unpaired) electrons. The van der Waals surface area contributed by atoms with Gasteiger partial charge in [0.1, 0.15) is 11.5 Å². The van der Waals surface area contributed by atoms with Crippen molar-refractivity contribution in [3.63, 3.8) is 0 Å². The topological polar surface area (TPSA) is 12.4 Å². The molecule has 0 aliphatic carbocycles. The van der Waals surface area contributed by atoms with E-state index < -0.39 is 17.3 Å². The van der Waals surface area contributed by atoms with Crippen molar-refractivity contribution >= 4 is 23.1 Å². The van der Waals surface area contributed by atoms with Gasteiger partial charge in [-0.3, -0.25) is 0 Å². The summed E-state index contributed by atoms with van der Waals surface area (Å²) in [7, 11) is 0. The predicted octanol–water partition coefficient (Wildman–Crippen LogP) is 6.53. The molecule has 0 aliphatic heterocycles. The van der Waals surface area contributed by atoms with Crippen LogP contribution < -0.4 is 0 Å². The van der Waals surface area contributed by atoms with Crippen LogP contribution in [0, 0.1) is 29.3 Å². The summed E-state index contributed by atoms with van der Waals surface area (Å²) in [4.78, 5) is 3.36. The van der Waals surface area contributed by atoms with E-state index in [1.165, 1.54) is 0 Å². The number of aryl methyl sites for hydroxylation is 1. The molecule has 2 aromatic carbocycles. The van der Waals surface area contributed by atoms with Crippen LogP contribution in [-0.2, 0) is 12.8 Å². The van der Waals surface area contributed by atoms with E-state index in [0.717, 1.165) is 31.4 Å². The first-order chi connectivity index (χ1) is 13.0. The summed E-state index contributed by atoms with van der Waals surface area (Å²) in [6, 6.07) is 5.66. The third-order valence-electron chi connectivity index (χ3n) is 4.24. The lowest BCUT2D eigenvalue weighted by Crippen LogP contribution is -2.00. The highest BCUT2D eigenvalue weighted by Gasteiger charge is 2.12. The van der Waals surface area contributed by atoms with Gasteiger partial charge < -0.3 is 0 Å². The van der Waals surface area contributed by atoms with E-state index in [1.807, 2.05) is 12.1 Å². The number of unbranched alkanes of at least 4 members (excludes halogenated alkanes) is 2. The van der Waals surface area contributed by atoms with Gasteiger partial charge in [-0.05, 0) is 55.2 Å². The molecule has 27 heavy (non-hydrogen) atoms. The van der Waals surface area contributed by atoms with Crippen molar-refractivity contribution in [2.45, 2.75) is 46.0 Å². The van der Waals surface area contributed by atoms with Crippen LogP contribution in [-0.4, -0.2) is 5.16 Å². The van der Waals surface area contributed by atoms with E-state index in [4.69, 9.17) is 0 Å². The van der Waals surface area contributed by atoms with E-state index in [1.54, 1.807) is 12.1 Å². The number of thiocarbonyl (C=S) groups is 1. The van der Waals surface area contributed by atoms with Crippen LogP contribution in [0.4, 0.5) is 18.9 Å². The average molecular weight is 387 g/mol. The van der Waals surface area contributed by atoms with Gasteiger partial charge in [0.2, 0.25) is 0 Å². The molecule has 0 heterocycles. The van der Waals surface area contributed by atoms with Crippen LogP contribution in [0.1, 0.15) is 55.4 Å². The Morgan fingerprint density at radius 3 is 2.30 bits per heavy atom. The summed E-state index contributed by atoms with van der Waals surface area (Å²) in [6.45, 7) is 3.96. The molecule has 5 heteroatoms. The van der Waals surface area contributed by atoms with Crippen molar-refractivity contribution in [3.8, 4) is 11.8 Å². The Labute approximate surface area is 163 Å². The number of hydrogen-bond donors (Lipinski definition) is 0. The molecule has 0 saturated carbocycles. The predicted molar refractivity (Wildman–Crippen MR) is 106 cm³/mol. The highest BCUT2D eigenvalue weighted by Crippen LogP contribution is 2.24. The smallest absolute Gasteiger partial charge is 0.153 e. The lowest BCUT2D eigenvalue weighted by Gasteiger charge is -2.09. The first-order valence-electron chi connectivity index (χ1n) is 8.90. The SMILES string of the molecule is CCCCCc1ccc(C#Cc2cc(F)c(N=C=S)c(F)c2)c(CC)c1F. The zero-order valence-electron chi connectivity index (χ0n) is 15.3. The van der Waals surface area contributed by atoms with Crippen molar-refractivity contribution in [2.75, 3.05) is 0 Å². The number of rotatable bonds is 6. The fraction of sp³-hybridized carbons (Fsp3) is 0.318. The Hall–Kier alpha value is -2.41. The molecule has 0 amide bonds. The lowest BCUT2D eigenvalue weighted by molar-refractivity contribution is 0.584. The molecule has 2 rings (SSSR count). The maximum atomic E-state index is 14.7. The van der Waals surface area contributed by atoms with Crippen LogP contribution in [0.15, 0.2) is 29.3 Å². The fourth-order valence-electron chi connectivity index (χ4n) is 2.82. The quantitative estimate of drug-likeness (QED) is 0.237. The molecule has 0 N–H and O–H groups in total. The second-order valence-electron chi connectivity index (χ2n) is 6.12. The standard InChI is InChI=1S/C22H20F3NS/c1-3-5-6-7-17-11-10-16(18(4-2)21(17)25)9-8-15-12-19(23)22(26-14-27)20(24)13-15/h10-13H,3-7H2,1-2H3. The van der Waals surface area contributed by atoms with Crippen LogP contribution in [0.3, 0.4) is 0 Å². The minimum absolute atomic E-state index is 0.141. The van der Waals surface area contributed by atoms with Crippen molar-refractivity contribution in [3.05, 3.63) is 64.0 Å². The van der Waals surface area contributed by atoms with Crippen molar-refractivity contribution < 1.29 is 13.2 Å². The number of isothiocyanates is 1. The molecule has 0 aliphatic rings. The maximum absolute atomic E-state index is 14.7. The zero-order chi connectivity index (χ0) is 19.8. The van der Waals surface area contributed by atoms with Gasteiger partial charge in [-0.15, -0.1) is 0 Å². The second kappa shape index (κ2) is 10.1. The molecule has 2 aromatic rings. The highest BCUT2D eigenvalue weighted by atomic mass is 32.1. The second-order valence-corrected chi connectivity index (χ2v) is 6.30. The largest absolute Gasteiger partial charge is 0.206 e. The Balaban J connectivity index is 2.36. The van der Waals surface area contributed by atoms with Crippen LogP contribution >= 0.6 is 12.2 Å². The lowest BCUT2D eigenvalue weighted by atomic mass is 9.97. The van der Waals surface area contributed by atoms with E-state index >= 15 is 0 Å². The molecule has 0 aromatic heterocycles. The van der Waals surface area contributed by atoms with Gasteiger partial charge in [-0.25, -0.2) is 13.2 Å². The molecule has 0 saturated heterocycles. The Morgan fingerprint density at radius 2 is 1.70 bits per heavy atom. The van der Waals surface area contributed by atoms with E-state index in [0.29, 0.717) is 29.5 Å². The normalized spacial score (nSPS) is 10.1. The molecule has 0 atom stereocenters. The summed E-state index contributed by atoms with van der Waals surface area (Å²) < 4.78 is 42.5. The van der Waals surface area contributed by atoms with Crippen LogP contribution in [0.2, 0.25) is 0 Å². The molecule has 0 bridgehead atoms. The summed E-state index contributed by atoms with van der Waals surface area (Å²) in [6.07, 6.45) is 4.26. The van der Waals surface area contributed by atoms with E-state index in [9.17, 15) is 13.2 Å². The van der Waals surface area contributed by atoms with Crippen LogP contribution in [0.25, 0.3) is 0 Å². The summed E-state index contributed by atoms with van der Waals surface area (Å²) in [5.41, 5.74) is 1.39. The Morgan fingerprint density at radius 1 is 1.00 bits per heavy atom. The van der Waals surface area contributed by atoms with Gasteiger partial charge in [0.05, 0.1) is 5.16 Å². The molecule has 1 nitrogen and oxygen atoms in total. The van der Waals surface area contributed by atoms with E-state index in [-0.39, 0.29) is 11.4 Å². The first kappa shape index (κ1) is 20.9. The van der Waals surface area contributed by atoms with Crippen molar-refractivity contribution in [1.29, 1.82) is 0 Å². The summed E-state index contributed by atoms with van der Waals surface area (Å²) in [5.74, 6) is 3.56. The van der Waals surface area contributed by atoms with Crippen molar-refractivity contribution in [2.24, 2.45) is 4.99 Å². The van der Waals surface area contributed by atoms with E-state index in [2.05, 4.69) is 36.0 Å². The summed E-state index contributed by atoms with van der Waals surface area (Å²) >= 11 is 4.37. The third-order valence-corrected chi connectivity index (χ3v) is 4.33. The molecule has 0 fully saturated rings. The van der Waals surface area contributed by atoms with Gasteiger partial charge in [0.25, 0.3) is 0 Å². The number of aliphatic imine (C=N–C) groups is 1. The first-order valence-corrected chi connectivity index (χ1v) is 9.31. The van der Waals surface area contributed by atoms with Gasteiger partial charge in [0, 0.05) is 16.7 Å². The molecule has 0 unspecified atom stereocenters. The summed E-state index contributed by atoms with van der Waals surface area (Å²) in [5, 5.41) is 1.94. The molecule has 140 valence electrons. The highest BCUT2D eigenvalue weighted by molar-refractivity contribution is 7.78. The number of halogens is 3. The van der Waals surface area contributed by atoms with Crippen molar-refractivity contribution in [1.82, 2.24) is 0 Å². The minimum atomic E-state index is -0.871. The zero-order valence-corrected chi connectivity index (χ0v) is 16.2. The average Bonchev–Trinajstić information content (AvgIpc) is 2.64. The molecule has 0 spiro atoms. The van der Waals surface area contributed by atoms with Gasteiger partial charge in [-0.1, -0.05) is 44.6 Å². The maximum Gasteiger partial charge on any atom is 0.153 e. The number of nitrogens with zero attached hydrogens (tertiary/aromatic N) is 1. The van der Waals surface area contributed by atoms with Gasteiger partial charge >= 0.3 is 0 Å². The molecular formula is C22H20F3NS. The third kappa shape index (κ3) is 5.29. The minimum Gasteiger partial charge on any atom is -0.206 e. The number of benzene rings is 2. The fourth-order valence-corrected chi connectivity index (χ4v) is 2.91. The Bertz CT molecular complexity index is 912. The Kier molecular flexibility index (Phi) is 7.79. The monoisotopic (exact) mass is 387 g/mol. The number of hydrogen-bond acceptors (Lipinski definition) is 2.